The summed E-state index contributed by atoms with van der Waals surface area (Å²) in [7, 11) is 0. The number of allylic oxidation sites excluding steroid dienone is 1. The van der Waals surface area contributed by atoms with E-state index in [1.807, 2.05) is 6.08 Å². The molecule has 5 rings (SSSR count). The number of hydrogen-bond acceptors (Lipinski definition) is 2. The SMILES string of the molecule is C[C@]12CC[C@@H](O)C[C@@H]1CC[C@H]1[C@H]2CC[C@@]2(C)C(=O)/C(=C/c3ccc(C(F)(F)F)cc3)C[C@H]12. The van der Waals surface area contributed by atoms with Crippen molar-refractivity contribution in [1.82, 2.24) is 0 Å². The van der Waals surface area contributed by atoms with Crippen LogP contribution in [0.1, 0.15) is 76.3 Å². The van der Waals surface area contributed by atoms with Crippen LogP contribution in [0.25, 0.3) is 6.08 Å². The average molecular weight is 447 g/mol. The Kier molecular flexibility index (Phi) is 5.16. The summed E-state index contributed by atoms with van der Waals surface area (Å²) in [5.74, 6) is 2.22. The third-order valence-corrected chi connectivity index (χ3v) is 9.86. The van der Waals surface area contributed by atoms with Gasteiger partial charge < -0.3 is 5.11 Å². The Morgan fingerprint density at radius 1 is 1.00 bits per heavy atom. The van der Waals surface area contributed by atoms with Crippen molar-refractivity contribution in [3.63, 3.8) is 0 Å². The molecule has 0 amide bonds. The minimum Gasteiger partial charge on any atom is -0.393 e. The summed E-state index contributed by atoms with van der Waals surface area (Å²) in [4.78, 5) is 13.5. The van der Waals surface area contributed by atoms with E-state index in [-0.39, 0.29) is 22.7 Å². The van der Waals surface area contributed by atoms with Crippen molar-refractivity contribution in [2.45, 2.75) is 77.5 Å². The summed E-state index contributed by atoms with van der Waals surface area (Å²) in [6, 6.07) is 5.12. The molecule has 0 aliphatic heterocycles. The van der Waals surface area contributed by atoms with Crippen LogP contribution in [0.15, 0.2) is 29.8 Å². The largest absolute Gasteiger partial charge is 0.416 e. The summed E-state index contributed by atoms with van der Waals surface area (Å²) in [6.45, 7) is 4.56. The van der Waals surface area contributed by atoms with Gasteiger partial charge in [-0.25, -0.2) is 0 Å². The maximum atomic E-state index is 13.5. The van der Waals surface area contributed by atoms with Crippen molar-refractivity contribution in [3.8, 4) is 0 Å². The van der Waals surface area contributed by atoms with Crippen molar-refractivity contribution in [2.24, 2.45) is 34.5 Å². The van der Waals surface area contributed by atoms with Crippen LogP contribution in [-0.4, -0.2) is 17.0 Å². The molecule has 2 nitrogen and oxygen atoms in total. The summed E-state index contributed by atoms with van der Waals surface area (Å²) in [5, 5.41) is 10.2. The fourth-order valence-corrected chi connectivity index (χ4v) is 8.00. The van der Waals surface area contributed by atoms with Crippen molar-refractivity contribution >= 4 is 11.9 Å². The highest BCUT2D eigenvalue weighted by atomic mass is 19.4. The quantitative estimate of drug-likeness (QED) is 0.489. The van der Waals surface area contributed by atoms with E-state index in [0.717, 1.165) is 69.1 Å². The van der Waals surface area contributed by atoms with Crippen LogP contribution in [0.2, 0.25) is 0 Å². The Hall–Kier alpha value is -1.62. The number of benzene rings is 1. The molecule has 174 valence electrons. The first-order valence-electron chi connectivity index (χ1n) is 12.1. The number of halogens is 3. The Balaban J connectivity index is 1.41. The van der Waals surface area contributed by atoms with E-state index in [4.69, 9.17) is 0 Å². The average Bonchev–Trinajstić information content (AvgIpc) is 2.99. The molecule has 0 unspecified atom stereocenters. The highest BCUT2D eigenvalue weighted by Crippen LogP contribution is 2.66. The van der Waals surface area contributed by atoms with Crippen molar-refractivity contribution in [1.29, 1.82) is 0 Å². The predicted molar refractivity (Wildman–Crippen MR) is 118 cm³/mol. The normalized spacial score (nSPS) is 43.0. The highest BCUT2D eigenvalue weighted by molar-refractivity contribution is 6.05. The van der Waals surface area contributed by atoms with Gasteiger partial charge in [0.1, 0.15) is 0 Å². The van der Waals surface area contributed by atoms with Gasteiger partial charge in [-0.3, -0.25) is 4.79 Å². The molecule has 4 aliphatic rings. The molecule has 4 aliphatic carbocycles. The predicted octanol–water partition coefficient (Wildman–Crippen LogP) is 6.67. The van der Waals surface area contributed by atoms with E-state index in [2.05, 4.69) is 13.8 Å². The van der Waals surface area contributed by atoms with Crippen molar-refractivity contribution in [3.05, 3.63) is 41.0 Å². The molecular formula is C27H33F3O2. The number of ketones is 1. The molecule has 1 N–H and O–H groups in total. The monoisotopic (exact) mass is 446 g/mol. The zero-order valence-corrected chi connectivity index (χ0v) is 18.9. The maximum absolute atomic E-state index is 13.5. The Morgan fingerprint density at radius 2 is 1.72 bits per heavy atom. The van der Waals surface area contributed by atoms with E-state index < -0.39 is 11.7 Å². The van der Waals surface area contributed by atoms with Crippen LogP contribution < -0.4 is 0 Å². The smallest absolute Gasteiger partial charge is 0.393 e. The van der Waals surface area contributed by atoms with E-state index >= 15 is 0 Å². The molecule has 0 aromatic heterocycles. The molecule has 0 radical (unpaired) electrons. The Bertz CT molecular complexity index is 933. The molecule has 0 heterocycles. The van der Waals surface area contributed by atoms with Crippen molar-refractivity contribution < 1.29 is 23.1 Å². The zero-order valence-electron chi connectivity index (χ0n) is 18.9. The highest BCUT2D eigenvalue weighted by Gasteiger charge is 2.61. The lowest BCUT2D eigenvalue weighted by atomic mass is 9.45. The molecule has 7 atom stereocenters. The van der Waals surface area contributed by atoms with Gasteiger partial charge in [0.25, 0.3) is 0 Å². The number of rotatable bonds is 1. The molecule has 5 heteroatoms. The van der Waals surface area contributed by atoms with Gasteiger partial charge in [0.15, 0.2) is 5.78 Å². The van der Waals surface area contributed by atoms with Gasteiger partial charge in [0.2, 0.25) is 0 Å². The van der Waals surface area contributed by atoms with Crippen LogP contribution in [0.5, 0.6) is 0 Å². The molecule has 0 spiro atoms. The zero-order chi connectivity index (χ0) is 22.9. The summed E-state index contributed by atoms with van der Waals surface area (Å²) in [6.07, 6.45) is 5.15. The standard InChI is InChI=1S/C27H33F3O2/c1-25-11-9-20(31)15-19(25)7-8-21-22(25)10-12-26(2)23(21)14-17(24(26)32)13-16-3-5-18(6-4-16)27(28,29)30/h3-6,13,19-23,31H,7-12,14-15H2,1-2H3/b17-13+/t19-,20+,21-,22+,23+,25-,26+/m0/s1. The second-order valence-corrected chi connectivity index (χ2v) is 11.4. The number of fused-ring (bicyclic) bond motifs is 5. The number of alkyl halides is 3. The van der Waals surface area contributed by atoms with Gasteiger partial charge in [-0.2, -0.15) is 13.2 Å². The van der Waals surface area contributed by atoms with Gasteiger partial charge >= 0.3 is 6.18 Å². The van der Waals surface area contributed by atoms with Gasteiger partial charge in [-0.05, 0) is 110 Å². The van der Waals surface area contributed by atoms with Crippen LogP contribution in [0.4, 0.5) is 13.2 Å². The summed E-state index contributed by atoms with van der Waals surface area (Å²) >= 11 is 0. The minimum absolute atomic E-state index is 0.162. The van der Waals surface area contributed by atoms with Crippen LogP contribution in [0, 0.1) is 34.5 Å². The van der Waals surface area contributed by atoms with E-state index in [1.165, 1.54) is 12.1 Å². The van der Waals surface area contributed by atoms with Gasteiger partial charge in [0, 0.05) is 5.41 Å². The van der Waals surface area contributed by atoms with E-state index in [0.29, 0.717) is 29.2 Å². The van der Waals surface area contributed by atoms with Crippen LogP contribution in [-0.2, 0) is 11.0 Å². The first-order valence-corrected chi connectivity index (χ1v) is 12.1. The minimum atomic E-state index is -4.35. The molecule has 1 aromatic carbocycles. The Labute approximate surface area is 188 Å². The first kappa shape index (κ1) is 22.2. The van der Waals surface area contributed by atoms with E-state index in [9.17, 15) is 23.1 Å². The van der Waals surface area contributed by atoms with Gasteiger partial charge in [0.05, 0.1) is 11.7 Å². The second-order valence-electron chi connectivity index (χ2n) is 11.4. The molecule has 32 heavy (non-hydrogen) atoms. The van der Waals surface area contributed by atoms with Gasteiger partial charge in [-0.1, -0.05) is 26.0 Å². The fourth-order valence-electron chi connectivity index (χ4n) is 8.00. The molecule has 0 saturated heterocycles. The fraction of sp³-hybridized carbons (Fsp3) is 0.667. The third-order valence-electron chi connectivity index (χ3n) is 9.86. The first-order chi connectivity index (χ1) is 15.0. The van der Waals surface area contributed by atoms with Crippen LogP contribution in [0.3, 0.4) is 0 Å². The number of aliphatic hydroxyl groups excluding tert-OH is 1. The number of carbonyl (C=O) groups excluding carboxylic acids is 1. The number of Topliss-reactive ketones (excluding diaryl/α,β-unsaturated/α-hetero) is 1. The van der Waals surface area contributed by atoms with Gasteiger partial charge in [-0.15, -0.1) is 0 Å². The molecule has 1 aromatic rings. The lowest BCUT2D eigenvalue weighted by molar-refractivity contribution is -0.141. The number of aliphatic hydroxyl groups is 1. The molecular weight excluding hydrogens is 413 g/mol. The topological polar surface area (TPSA) is 37.3 Å². The molecule has 4 saturated carbocycles. The third kappa shape index (κ3) is 3.38. The summed E-state index contributed by atoms with van der Waals surface area (Å²) < 4.78 is 38.6. The second kappa shape index (κ2) is 7.44. The summed E-state index contributed by atoms with van der Waals surface area (Å²) in [5.41, 5.74) is 0.688. The Morgan fingerprint density at radius 3 is 2.41 bits per heavy atom. The maximum Gasteiger partial charge on any atom is 0.416 e. The van der Waals surface area contributed by atoms with Crippen LogP contribution >= 0.6 is 0 Å². The number of carbonyl (C=O) groups is 1. The van der Waals surface area contributed by atoms with Crippen molar-refractivity contribution in [2.75, 3.05) is 0 Å². The molecule has 4 fully saturated rings. The molecule has 0 bridgehead atoms. The lowest BCUT2D eigenvalue weighted by Crippen LogP contribution is -2.54. The van der Waals surface area contributed by atoms with E-state index in [1.54, 1.807) is 0 Å². The number of hydrogen-bond donors (Lipinski definition) is 1. The lowest BCUT2D eigenvalue weighted by Gasteiger charge is -2.59.